The molecule has 2 rings (SSSR count). The molecule has 2 heterocycles. The standard InChI is InChI=1S/C10H11FN2O2S/c1-2-10(13-8-9(11)7-12-13)3-5-16(14,15)6-4-10/h1,7-8H,3-6H2. The molecule has 86 valence electrons. The normalized spacial score (nSPS) is 22.5. The fourth-order valence-electron chi connectivity index (χ4n) is 1.85. The average Bonchev–Trinajstić information content (AvgIpc) is 2.66. The Kier molecular flexibility index (Phi) is 2.50. The van der Waals surface area contributed by atoms with Gasteiger partial charge in [-0.2, -0.15) is 5.10 Å². The summed E-state index contributed by atoms with van der Waals surface area (Å²) in [5, 5.41) is 3.83. The summed E-state index contributed by atoms with van der Waals surface area (Å²) in [7, 11) is -3.00. The predicted octanol–water partition coefficient (Wildman–Crippen LogP) is 0.559. The van der Waals surface area contributed by atoms with Crippen LogP contribution in [-0.2, 0) is 15.4 Å². The van der Waals surface area contributed by atoms with Gasteiger partial charge in [0.15, 0.2) is 15.7 Å². The highest BCUT2D eigenvalue weighted by Gasteiger charge is 2.38. The van der Waals surface area contributed by atoms with Crippen molar-refractivity contribution in [1.29, 1.82) is 0 Å². The maximum Gasteiger partial charge on any atom is 0.161 e. The van der Waals surface area contributed by atoms with E-state index >= 15 is 0 Å². The van der Waals surface area contributed by atoms with E-state index in [0.717, 1.165) is 6.20 Å². The van der Waals surface area contributed by atoms with Crippen LogP contribution in [-0.4, -0.2) is 29.7 Å². The first kappa shape index (κ1) is 11.1. The van der Waals surface area contributed by atoms with Crippen LogP contribution in [0.3, 0.4) is 0 Å². The van der Waals surface area contributed by atoms with Gasteiger partial charge in [-0.15, -0.1) is 6.42 Å². The third-order valence-electron chi connectivity index (χ3n) is 2.91. The third kappa shape index (κ3) is 1.83. The molecule has 0 unspecified atom stereocenters. The molecule has 1 fully saturated rings. The first-order valence-corrected chi connectivity index (χ1v) is 6.68. The summed E-state index contributed by atoms with van der Waals surface area (Å²) in [5.41, 5.74) is -0.796. The number of sulfone groups is 1. The highest BCUT2D eigenvalue weighted by atomic mass is 32.2. The summed E-state index contributed by atoms with van der Waals surface area (Å²) in [6.45, 7) is 0. The van der Waals surface area contributed by atoms with Crippen molar-refractivity contribution in [3.63, 3.8) is 0 Å². The van der Waals surface area contributed by atoms with Crippen molar-refractivity contribution in [2.45, 2.75) is 18.4 Å². The smallest absolute Gasteiger partial charge is 0.161 e. The van der Waals surface area contributed by atoms with Crippen LogP contribution >= 0.6 is 0 Å². The Morgan fingerprint density at radius 2 is 2.12 bits per heavy atom. The van der Waals surface area contributed by atoms with Crippen LogP contribution in [0.2, 0.25) is 0 Å². The average molecular weight is 242 g/mol. The van der Waals surface area contributed by atoms with E-state index in [2.05, 4.69) is 11.0 Å². The molecule has 0 radical (unpaired) electrons. The van der Waals surface area contributed by atoms with Gasteiger partial charge in [0.25, 0.3) is 0 Å². The molecule has 0 spiro atoms. The minimum absolute atomic E-state index is 0.0265. The van der Waals surface area contributed by atoms with Gasteiger partial charge in [0.1, 0.15) is 5.54 Å². The van der Waals surface area contributed by atoms with E-state index in [1.807, 2.05) is 0 Å². The zero-order valence-electron chi connectivity index (χ0n) is 8.56. The summed E-state index contributed by atoms with van der Waals surface area (Å²) in [4.78, 5) is 0. The molecule has 0 aliphatic carbocycles. The second kappa shape index (κ2) is 3.59. The lowest BCUT2D eigenvalue weighted by Gasteiger charge is -2.32. The Bertz CT molecular complexity index is 527. The molecular weight excluding hydrogens is 231 g/mol. The number of rotatable bonds is 1. The van der Waals surface area contributed by atoms with E-state index in [9.17, 15) is 12.8 Å². The van der Waals surface area contributed by atoms with Gasteiger partial charge in [-0.05, 0) is 12.8 Å². The minimum atomic E-state index is -3.00. The molecule has 1 aliphatic rings. The molecule has 6 heteroatoms. The van der Waals surface area contributed by atoms with Gasteiger partial charge in [0, 0.05) is 0 Å². The summed E-state index contributed by atoms with van der Waals surface area (Å²) in [5.74, 6) is 2.14. The summed E-state index contributed by atoms with van der Waals surface area (Å²) in [6, 6.07) is 0. The van der Waals surface area contributed by atoms with E-state index in [1.54, 1.807) is 0 Å². The lowest BCUT2D eigenvalue weighted by molar-refractivity contribution is 0.316. The Labute approximate surface area is 93.4 Å². The van der Waals surface area contributed by atoms with Crippen molar-refractivity contribution in [2.75, 3.05) is 11.5 Å². The van der Waals surface area contributed by atoms with E-state index in [1.165, 1.54) is 10.9 Å². The molecule has 1 aromatic heterocycles. The van der Waals surface area contributed by atoms with Gasteiger partial charge >= 0.3 is 0 Å². The Hall–Kier alpha value is -1.35. The van der Waals surface area contributed by atoms with Gasteiger partial charge in [-0.1, -0.05) is 5.92 Å². The van der Waals surface area contributed by atoms with Crippen molar-refractivity contribution < 1.29 is 12.8 Å². The minimum Gasteiger partial charge on any atom is -0.252 e. The van der Waals surface area contributed by atoms with Gasteiger partial charge in [-0.3, -0.25) is 4.68 Å². The molecule has 0 saturated carbocycles. The Morgan fingerprint density at radius 3 is 2.56 bits per heavy atom. The maximum atomic E-state index is 12.9. The first-order chi connectivity index (χ1) is 7.47. The molecule has 4 nitrogen and oxygen atoms in total. The van der Waals surface area contributed by atoms with Crippen LogP contribution in [0.4, 0.5) is 4.39 Å². The van der Waals surface area contributed by atoms with E-state index in [-0.39, 0.29) is 24.3 Å². The number of nitrogens with zero attached hydrogens (tertiary/aromatic N) is 2. The van der Waals surface area contributed by atoms with Crippen LogP contribution in [0, 0.1) is 18.2 Å². The van der Waals surface area contributed by atoms with Gasteiger partial charge < -0.3 is 0 Å². The van der Waals surface area contributed by atoms with Crippen molar-refractivity contribution in [3.8, 4) is 12.3 Å². The highest BCUT2D eigenvalue weighted by Crippen LogP contribution is 2.30. The molecule has 0 N–H and O–H groups in total. The predicted molar refractivity (Wildman–Crippen MR) is 56.9 cm³/mol. The van der Waals surface area contributed by atoms with Gasteiger partial charge in [0.05, 0.1) is 23.9 Å². The van der Waals surface area contributed by atoms with E-state index in [0.29, 0.717) is 0 Å². The Balaban J connectivity index is 2.33. The zero-order chi connectivity index (χ0) is 11.8. The second-order valence-electron chi connectivity index (χ2n) is 3.93. The molecule has 16 heavy (non-hydrogen) atoms. The molecule has 0 atom stereocenters. The quantitative estimate of drug-likeness (QED) is 0.676. The maximum absolute atomic E-state index is 12.9. The first-order valence-electron chi connectivity index (χ1n) is 4.86. The number of hydrogen-bond acceptors (Lipinski definition) is 3. The lowest BCUT2D eigenvalue weighted by atomic mass is 9.94. The van der Waals surface area contributed by atoms with Gasteiger partial charge in [-0.25, -0.2) is 12.8 Å². The van der Waals surface area contributed by atoms with Crippen LogP contribution in [0.25, 0.3) is 0 Å². The highest BCUT2D eigenvalue weighted by molar-refractivity contribution is 7.91. The molecule has 0 bridgehead atoms. The molecule has 1 saturated heterocycles. The van der Waals surface area contributed by atoms with E-state index < -0.39 is 21.2 Å². The summed E-state index contributed by atoms with van der Waals surface area (Å²) in [6.07, 6.45) is 8.29. The number of aromatic nitrogens is 2. The largest absolute Gasteiger partial charge is 0.252 e. The van der Waals surface area contributed by atoms with Crippen molar-refractivity contribution >= 4 is 9.84 Å². The fourth-order valence-corrected chi connectivity index (χ4v) is 3.35. The Morgan fingerprint density at radius 1 is 1.50 bits per heavy atom. The second-order valence-corrected chi connectivity index (χ2v) is 6.23. The SMILES string of the molecule is C#CC1(n2cc(F)cn2)CCS(=O)(=O)CC1. The number of hydrogen-bond donors (Lipinski definition) is 0. The van der Waals surface area contributed by atoms with Crippen LogP contribution in [0.1, 0.15) is 12.8 Å². The summed E-state index contributed by atoms with van der Waals surface area (Å²) < 4.78 is 36.9. The molecular formula is C10H11FN2O2S. The van der Waals surface area contributed by atoms with Crippen LogP contribution in [0.15, 0.2) is 12.4 Å². The lowest BCUT2D eigenvalue weighted by Crippen LogP contribution is -2.41. The van der Waals surface area contributed by atoms with Crippen LogP contribution < -0.4 is 0 Å². The monoisotopic (exact) mass is 242 g/mol. The molecule has 0 aromatic carbocycles. The number of halogens is 1. The van der Waals surface area contributed by atoms with Crippen molar-refractivity contribution in [3.05, 3.63) is 18.2 Å². The molecule has 1 aliphatic heterocycles. The molecule has 1 aromatic rings. The van der Waals surface area contributed by atoms with Crippen molar-refractivity contribution in [2.24, 2.45) is 0 Å². The van der Waals surface area contributed by atoms with Crippen molar-refractivity contribution in [1.82, 2.24) is 9.78 Å². The third-order valence-corrected chi connectivity index (χ3v) is 4.56. The topological polar surface area (TPSA) is 52.0 Å². The molecule has 0 amide bonds. The number of terminal acetylenes is 1. The van der Waals surface area contributed by atoms with E-state index in [4.69, 9.17) is 6.42 Å². The summed E-state index contributed by atoms with van der Waals surface area (Å²) >= 11 is 0. The zero-order valence-corrected chi connectivity index (χ0v) is 9.37. The fraction of sp³-hybridized carbons (Fsp3) is 0.500. The van der Waals surface area contributed by atoms with Gasteiger partial charge in [0.2, 0.25) is 0 Å². The van der Waals surface area contributed by atoms with Crippen LogP contribution in [0.5, 0.6) is 0 Å².